The van der Waals surface area contributed by atoms with E-state index in [0.29, 0.717) is 54.1 Å². The molecular weight excluding hydrogens is 387 g/mol. The number of halogens is 2. The third-order valence-electron chi connectivity index (χ3n) is 4.39. The number of hydrogen-bond donors (Lipinski definition) is 0. The number of rotatable bonds is 5. The number of piperazine rings is 1. The minimum absolute atomic E-state index is 0.0237. The first-order valence-electron chi connectivity index (χ1n) is 8.74. The molecule has 1 aliphatic rings. The summed E-state index contributed by atoms with van der Waals surface area (Å²) in [5.74, 6) is 0.632. The SMILES string of the molecule is O=C(CCOc1cccc(Cl)c1)N1CCN(C(=O)c2ccc(Cl)cc2)CC1. The molecule has 0 bridgehead atoms. The lowest BCUT2D eigenvalue weighted by atomic mass is 10.2. The monoisotopic (exact) mass is 406 g/mol. The lowest BCUT2D eigenvalue weighted by Gasteiger charge is -2.35. The van der Waals surface area contributed by atoms with E-state index in [0.717, 1.165) is 0 Å². The zero-order chi connectivity index (χ0) is 19.2. The zero-order valence-corrected chi connectivity index (χ0v) is 16.2. The molecule has 1 saturated heterocycles. The molecule has 27 heavy (non-hydrogen) atoms. The molecule has 142 valence electrons. The molecule has 0 N–H and O–H groups in total. The van der Waals surface area contributed by atoms with E-state index in [1.54, 1.807) is 58.3 Å². The Balaban J connectivity index is 1.43. The molecule has 7 heteroatoms. The molecule has 1 aliphatic heterocycles. The second-order valence-electron chi connectivity index (χ2n) is 6.24. The summed E-state index contributed by atoms with van der Waals surface area (Å²) in [5.41, 5.74) is 0.606. The van der Waals surface area contributed by atoms with E-state index in [2.05, 4.69) is 0 Å². The van der Waals surface area contributed by atoms with E-state index >= 15 is 0 Å². The predicted molar refractivity (Wildman–Crippen MR) is 105 cm³/mol. The summed E-state index contributed by atoms with van der Waals surface area (Å²) in [6.07, 6.45) is 0.289. The van der Waals surface area contributed by atoms with Crippen LogP contribution in [-0.4, -0.2) is 54.4 Å². The van der Waals surface area contributed by atoms with Crippen molar-refractivity contribution in [3.63, 3.8) is 0 Å². The fourth-order valence-electron chi connectivity index (χ4n) is 2.91. The van der Waals surface area contributed by atoms with Gasteiger partial charge in [-0.25, -0.2) is 0 Å². The highest BCUT2D eigenvalue weighted by molar-refractivity contribution is 6.31. The minimum Gasteiger partial charge on any atom is -0.493 e. The highest BCUT2D eigenvalue weighted by atomic mass is 35.5. The Bertz CT molecular complexity index is 803. The fourth-order valence-corrected chi connectivity index (χ4v) is 3.21. The maximum atomic E-state index is 12.5. The van der Waals surface area contributed by atoms with E-state index in [1.807, 2.05) is 0 Å². The van der Waals surface area contributed by atoms with Crippen LogP contribution in [0.4, 0.5) is 0 Å². The van der Waals surface area contributed by atoms with Gasteiger partial charge in [0.15, 0.2) is 0 Å². The van der Waals surface area contributed by atoms with Crippen molar-refractivity contribution < 1.29 is 14.3 Å². The molecule has 3 rings (SSSR count). The van der Waals surface area contributed by atoms with Crippen LogP contribution >= 0.6 is 23.2 Å². The Morgan fingerprint density at radius 3 is 2.22 bits per heavy atom. The molecule has 2 aromatic carbocycles. The third kappa shape index (κ3) is 5.37. The maximum absolute atomic E-state index is 12.5. The van der Waals surface area contributed by atoms with Crippen LogP contribution in [0.5, 0.6) is 5.75 Å². The average molecular weight is 407 g/mol. The van der Waals surface area contributed by atoms with Crippen LogP contribution in [0.2, 0.25) is 10.0 Å². The van der Waals surface area contributed by atoms with Gasteiger partial charge in [0.1, 0.15) is 5.75 Å². The summed E-state index contributed by atoms with van der Waals surface area (Å²) in [6.45, 7) is 2.37. The molecule has 2 aromatic rings. The summed E-state index contributed by atoms with van der Waals surface area (Å²) in [7, 11) is 0. The molecule has 1 fully saturated rings. The molecule has 0 aliphatic carbocycles. The molecule has 5 nitrogen and oxygen atoms in total. The Hall–Kier alpha value is -2.24. The number of carbonyl (C=O) groups is 2. The van der Waals surface area contributed by atoms with Crippen LogP contribution < -0.4 is 4.74 Å². The highest BCUT2D eigenvalue weighted by Crippen LogP contribution is 2.17. The molecule has 0 atom stereocenters. The van der Waals surface area contributed by atoms with Gasteiger partial charge >= 0.3 is 0 Å². The average Bonchev–Trinajstić information content (AvgIpc) is 2.68. The topological polar surface area (TPSA) is 49.9 Å². The largest absolute Gasteiger partial charge is 0.493 e. The van der Waals surface area contributed by atoms with Gasteiger partial charge in [-0.05, 0) is 42.5 Å². The summed E-state index contributed by atoms with van der Waals surface area (Å²) >= 11 is 11.8. The Labute approximate surface area is 168 Å². The van der Waals surface area contributed by atoms with Crippen molar-refractivity contribution >= 4 is 35.0 Å². The second kappa shape index (κ2) is 9.11. The summed E-state index contributed by atoms with van der Waals surface area (Å²) in [4.78, 5) is 28.4. The van der Waals surface area contributed by atoms with Crippen LogP contribution in [0, 0.1) is 0 Å². The highest BCUT2D eigenvalue weighted by Gasteiger charge is 2.24. The van der Waals surface area contributed by atoms with Crippen molar-refractivity contribution in [2.24, 2.45) is 0 Å². The molecule has 1 heterocycles. The third-order valence-corrected chi connectivity index (χ3v) is 4.88. The van der Waals surface area contributed by atoms with Crippen LogP contribution in [0.15, 0.2) is 48.5 Å². The molecule has 0 saturated carbocycles. The van der Waals surface area contributed by atoms with Crippen molar-refractivity contribution in [1.82, 2.24) is 9.80 Å². The predicted octanol–water partition coefficient (Wildman–Crippen LogP) is 3.75. The zero-order valence-electron chi connectivity index (χ0n) is 14.7. The number of ether oxygens (including phenoxy) is 1. The van der Waals surface area contributed by atoms with Gasteiger partial charge in [-0.1, -0.05) is 29.3 Å². The summed E-state index contributed by atoms with van der Waals surface area (Å²) in [5, 5.41) is 1.20. The van der Waals surface area contributed by atoms with Crippen molar-refractivity contribution in [1.29, 1.82) is 0 Å². The van der Waals surface area contributed by atoms with Gasteiger partial charge in [0.05, 0.1) is 13.0 Å². The lowest BCUT2D eigenvalue weighted by molar-refractivity contribution is -0.133. The van der Waals surface area contributed by atoms with Crippen LogP contribution in [0.25, 0.3) is 0 Å². The Morgan fingerprint density at radius 1 is 0.889 bits per heavy atom. The standard InChI is InChI=1S/C20H20Cl2N2O3/c21-16-6-4-15(5-7-16)20(26)24-11-9-23(10-12-24)19(25)8-13-27-18-3-1-2-17(22)14-18/h1-7,14H,8-13H2. The van der Waals surface area contributed by atoms with Crippen molar-refractivity contribution in [3.05, 3.63) is 64.1 Å². The normalized spacial score (nSPS) is 14.1. The molecular formula is C20H20Cl2N2O3. The number of nitrogens with zero attached hydrogens (tertiary/aromatic N) is 2. The van der Waals surface area contributed by atoms with Gasteiger partial charge in [0.2, 0.25) is 5.91 Å². The number of carbonyl (C=O) groups excluding carboxylic acids is 2. The summed E-state index contributed by atoms with van der Waals surface area (Å²) < 4.78 is 5.57. The second-order valence-corrected chi connectivity index (χ2v) is 7.11. The van der Waals surface area contributed by atoms with Crippen LogP contribution in [0.3, 0.4) is 0 Å². The van der Waals surface area contributed by atoms with Crippen molar-refractivity contribution in [2.75, 3.05) is 32.8 Å². The fraction of sp³-hybridized carbons (Fsp3) is 0.300. The van der Waals surface area contributed by atoms with E-state index in [9.17, 15) is 9.59 Å². The number of amides is 2. The van der Waals surface area contributed by atoms with Gasteiger partial charge in [0, 0.05) is 41.8 Å². The molecule has 0 unspecified atom stereocenters. The van der Waals surface area contributed by atoms with E-state index in [4.69, 9.17) is 27.9 Å². The van der Waals surface area contributed by atoms with Crippen molar-refractivity contribution in [3.8, 4) is 5.75 Å². The molecule has 0 radical (unpaired) electrons. The first-order chi connectivity index (χ1) is 13.0. The first-order valence-corrected chi connectivity index (χ1v) is 9.49. The van der Waals surface area contributed by atoms with Crippen LogP contribution in [0.1, 0.15) is 16.8 Å². The maximum Gasteiger partial charge on any atom is 0.253 e. The summed E-state index contributed by atoms with van der Waals surface area (Å²) in [6, 6.07) is 13.9. The Morgan fingerprint density at radius 2 is 1.56 bits per heavy atom. The van der Waals surface area contributed by atoms with Crippen LogP contribution in [-0.2, 0) is 4.79 Å². The van der Waals surface area contributed by atoms with Gasteiger partial charge in [0.25, 0.3) is 5.91 Å². The lowest BCUT2D eigenvalue weighted by Crippen LogP contribution is -2.50. The first kappa shape index (κ1) is 19.5. The molecule has 0 spiro atoms. The quantitative estimate of drug-likeness (QED) is 0.759. The smallest absolute Gasteiger partial charge is 0.253 e. The minimum atomic E-state index is -0.0388. The van der Waals surface area contributed by atoms with E-state index in [-0.39, 0.29) is 18.2 Å². The van der Waals surface area contributed by atoms with Gasteiger partial charge < -0.3 is 14.5 Å². The van der Waals surface area contributed by atoms with Gasteiger partial charge in [-0.2, -0.15) is 0 Å². The Kier molecular flexibility index (Phi) is 6.58. The van der Waals surface area contributed by atoms with E-state index < -0.39 is 0 Å². The van der Waals surface area contributed by atoms with Gasteiger partial charge in [-0.15, -0.1) is 0 Å². The van der Waals surface area contributed by atoms with Gasteiger partial charge in [-0.3, -0.25) is 9.59 Å². The number of hydrogen-bond acceptors (Lipinski definition) is 3. The molecule has 0 aromatic heterocycles. The van der Waals surface area contributed by atoms with Crippen molar-refractivity contribution in [2.45, 2.75) is 6.42 Å². The van der Waals surface area contributed by atoms with E-state index in [1.165, 1.54) is 0 Å². The number of benzene rings is 2. The molecule has 2 amide bonds.